The number of benzene rings is 2. The summed E-state index contributed by atoms with van der Waals surface area (Å²) < 4.78 is 16.0. The van der Waals surface area contributed by atoms with Crippen molar-refractivity contribution in [3.63, 3.8) is 0 Å². The molecule has 5 heteroatoms. The first-order chi connectivity index (χ1) is 12.0. The van der Waals surface area contributed by atoms with Crippen molar-refractivity contribution in [1.29, 1.82) is 0 Å². The summed E-state index contributed by atoms with van der Waals surface area (Å²) in [4.78, 5) is 24.6. The van der Waals surface area contributed by atoms with E-state index in [9.17, 15) is 9.59 Å². The summed E-state index contributed by atoms with van der Waals surface area (Å²) in [6, 6.07) is 8.64. The van der Waals surface area contributed by atoms with Gasteiger partial charge in [-0.3, -0.25) is 4.79 Å². The van der Waals surface area contributed by atoms with Crippen molar-refractivity contribution in [2.75, 3.05) is 19.8 Å². The molecule has 0 spiro atoms. The van der Waals surface area contributed by atoms with Gasteiger partial charge in [-0.2, -0.15) is 0 Å². The zero-order valence-electron chi connectivity index (χ0n) is 14.5. The molecular formula is C20H20O5. The Labute approximate surface area is 146 Å². The minimum Gasteiger partial charge on any atom is -0.486 e. The minimum absolute atomic E-state index is 0.216. The van der Waals surface area contributed by atoms with Gasteiger partial charge < -0.3 is 14.2 Å². The Kier molecular flexibility index (Phi) is 4.74. The zero-order chi connectivity index (χ0) is 18.0. The predicted octanol–water partition coefficient (Wildman–Crippen LogP) is 3.42. The molecule has 0 aromatic heterocycles. The lowest BCUT2D eigenvalue weighted by molar-refractivity contribution is 0.0473. The molecule has 0 unspecified atom stereocenters. The Bertz CT molecular complexity index is 838. The first-order valence-corrected chi connectivity index (χ1v) is 8.13. The molecule has 130 valence electrons. The molecule has 1 aliphatic heterocycles. The summed E-state index contributed by atoms with van der Waals surface area (Å²) in [7, 11) is 0. The summed E-state index contributed by atoms with van der Waals surface area (Å²) in [6.45, 7) is 6.46. The average Bonchev–Trinajstić information content (AvgIpc) is 2.62. The Balaban J connectivity index is 1.68. The Morgan fingerprint density at radius 1 is 0.920 bits per heavy atom. The lowest BCUT2D eigenvalue weighted by atomic mass is 9.98. The molecule has 0 aliphatic carbocycles. The highest BCUT2D eigenvalue weighted by Gasteiger charge is 2.18. The fourth-order valence-corrected chi connectivity index (χ4v) is 2.72. The van der Waals surface area contributed by atoms with E-state index in [1.807, 2.05) is 32.9 Å². The van der Waals surface area contributed by atoms with Crippen LogP contribution in [0.2, 0.25) is 0 Å². The summed E-state index contributed by atoms with van der Waals surface area (Å²) in [6.07, 6.45) is 0. The maximum atomic E-state index is 12.4. The number of aryl methyl sites for hydroxylation is 3. The van der Waals surface area contributed by atoms with Gasteiger partial charge >= 0.3 is 5.97 Å². The highest BCUT2D eigenvalue weighted by atomic mass is 16.6. The fourth-order valence-electron chi connectivity index (χ4n) is 2.72. The molecule has 5 nitrogen and oxygen atoms in total. The second-order valence-electron chi connectivity index (χ2n) is 6.11. The van der Waals surface area contributed by atoms with Gasteiger partial charge in [-0.25, -0.2) is 4.79 Å². The summed E-state index contributed by atoms with van der Waals surface area (Å²) >= 11 is 0. The van der Waals surface area contributed by atoms with Crippen LogP contribution in [0.5, 0.6) is 11.5 Å². The molecule has 1 heterocycles. The van der Waals surface area contributed by atoms with Gasteiger partial charge in [-0.05, 0) is 61.7 Å². The highest BCUT2D eigenvalue weighted by Crippen LogP contribution is 2.30. The molecular weight excluding hydrogens is 320 g/mol. The molecule has 3 rings (SSSR count). The number of fused-ring (bicyclic) bond motifs is 1. The van der Waals surface area contributed by atoms with Crippen LogP contribution in [-0.4, -0.2) is 31.6 Å². The van der Waals surface area contributed by atoms with Crippen molar-refractivity contribution in [1.82, 2.24) is 0 Å². The molecule has 25 heavy (non-hydrogen) atoms. The normalized spacial score (nSPS) is 12.6. The Morgan fingerprint density at radius 3 is 2.36 bits per heavy atom. The number of Topliss-reactive ketones (excluding diaryl/α,β-unsaturated/α-hetero) is 1. The molecule has 0 saturated carbocycles. The standard InChI is InChI=1S/C20H20O5/c1-12-8-14(3)16(9-13(12)2)17(21)11-25-20(22)15-4-5-18-19(10-15)24-7-6-23-18/h4-5,8-10H,6-7,11H2,1-3H3. The summed E-state index contributed by atoms with van der Waals surface area (Å²) in [5.74, 6) is 0.333. The van der Waals surface area contributed by atoms with Gasteiger partial charge in [-0.15, -0.1) is 0 Å². The number of ketones is 1. The van der Waals surface area contributed by atoms with Gasteiger partial charge in [0.2, 0.25) is 5.78 Å². The third-order valence-electron chi connectivity index (χ3n) is 4.25. The molecule has 0 bridgehead atoms. The van der Waals surface area contributed by atoms with E-state index in [1.54, 1.807) is 18.2 Å². The van der Waals surface area contributed by atoms with Gasteiger partial charge in [0, 0.05) is 5.56 Å². The van der Waals surface area contributed by atoms with E-state index in [0.717, 1.165) is 16.7 Å². The van der Waals surface area contributed by atoms with E-state index in [1.165, 1.54) is 0 Å². The number of carbonyl (C=O) groups is 2. The number of ether oxygens (including phenoxy) is 3. The van der Waals surface area contributed by atoms with Gasteiger partial charge in [0.05, 0.1) is 5.56 Å². The van der Waals surface area contributed by atoms with E-state index in [2.05, 4.69) is 0 Å². The molecule has 2 aromatic carbocycles. The quantitative estimate of drug-likeness (QED) is 0.630. The van der Waals surface area contributed by atoms with Crippen molar-refractivity contribution in [2.24, 2.45) is 0 Å². The molecule has 0 radical (unpaired) electrons. The first-order valence-electron chi connectivity index (χ1n) is 8.13. The van der Waals surface area contributed by atoms with Crippen LogP contribution < -0.4 is 9.47 Å². The van der Waals surface area contributed by atoms with Crippen molar-refractivity contribution >= 4 is 11.8 Å². The van der Waals surface area contributed by atoms with Crippen molar-refractivity contribution in [3.8, 4) is 11.5 Å². The van der Waals surface area contributed by atoms with Crippen LogP contribution in [0.3, 0.4) is 0 Å². The monoisotopic (exact) mass is 340 g/mol. The van der Waals surface area contributed by atoms with Crippen molar-refractivity contribution < 1.29 is 23.8 Å². The number of hydrogen-bond acceptors (Lipinski definition) is 5. The molecule has 0 saturated heterocycles. The van der Waals surface area contributed by atoms with Gasteiger partial charge in [0.15, 0.2) is 18.1 Å². The number of carbonyl (C=O) groups excluding carboxylic acids is 2. The van der Waals surface area contributed by atoms with Gasteiger partial charge in [0.1, 0.15) is 13.2 Å². The van der Waals surface area contributed by atoms with Gasteiger partial charge in [0.25, 0.3) is 0 Å². The molecule has 0 N–H and O–H groups in total. The summed E-state index contributed by atoms with van der Waals surface area (Å²) in [5.41, 5.74) is 3.95. The average molecular weight is 340 g/mol. The van der Waals surface area contributed by atoms with Gasteiger partial charge in [-0.1, -0.05) is 6.07 Å². The lowest BCUT2D eigenvalue weighted by Gasteiger charge is -2.18. The smallest absolute Gasteiger partial charge is 0.338 e. The summed E-state index contributed by atoms with van der Waals surface area (Å²) in [5, 5.41) is 0. The van der Waals surface area contributed by atoms with E-state index >= 15 is 0 Å². The van der Waals surface area contributed by atoms with Crippen LogP contribution >= 0.6 is 0 Å². The van der Waals surface area contributed by atoms with E-state index in [-0.39, 0.29) is 12.4 Å². The third kappa shape index (κ3) is 3.65. The van der Waals surface area contributed by atoms with Crippen molar-refractivity contribution in [3.05, 3.63) is 58.1 Å². The SMILES string of the molecule is Cc1cc(C)c(C(=O)COC(=O)c2ccc3c(c2)OCCO3)cc1C. The first kappa shape index (κ1) is 17.0. The zero-order valence-corrected chi connectivity index (χ0v) is 14.5. The topological polar surface area (TPSA) is 61.8 Å². The number of hydrogen-bond donors (Lipinski definition) is 0. The lowest BCUT2D eigenvalue weighted by Crippen LogP contribution is -2.17. The fraction of sp³-hybridized carbons (Fsp3) is 0.300. The second-order valence-corrected chi connectivity index (χ2v) is 6.11. The maximum Gasteiger partial charge on any atom is 0.338 e. The molecule has 0 atom stereocenters. The molecule has 1 aliphatic rings. The molecule has 0 amide bonds. The maximum absolute atomic E-state index is 12.4. The van der Waals surface area contributed by atoms with Crippen LogP contribution in [-0.2, 0) is 4.74 Å². The Morgan fingerprint density at radius 2 is 1.60 bits per heavy atom. The van der Waals surface area contributed by atoms with Crippen molar-refractivity contribution in [2.45, 2.75) is 20.8 Å². The van der Waals surface area contributed by atoms with Crippen LogP contribution in [0.1, 0.15) is 37.4 Å². The van der Waals surface area contributed by atoms with Crippen LogP contribution in [0.25, 0.3) is 0 Å². The number of esters is 1. The molecule has 0 fully saturated rings. The third-order valence-corrected chi connectivity index (χ3v) is 4.25. The van der Waals surface area contributed by atoms with Crippen LogP contribution in [0.15, 0.2) is 30.3 Å². The van der Waals surface area contributed by atoms with E-state index in [0.29, 0.717) is 35.8 Å². The number of rotatable bonds is 4. The van der Waals surface area contributed by atoms with Crippen LogP contribution in [0, 0.1) is 20.8 Å². The van der Waals surface area contributed by atoms with E-state index < -0.39 is 5.97 Å². The second kappa shape index (κ2) is 6.97. The van der Waals surface area contributed by atoms with Crippen LogP contribution in [0.4, 0.5) is 0 Å². The highest BCUT2D eigenvalue weighted by molar-refractivity contribution is 6.00. The predicted molar refractivity (Wildman–Crippen MR) is 92.7 cm³/mol. The minimum atomic E-state index is -0.563. The molecule has 2 aromatic rings. The largest absolute Gasteiger partial charge is 0.486 e. The van der Waals surface area contributed by atoms with E-state index in [4.69, 9.17) is 14.2 Å². The Hall–Kier alpha value is -2.82.